The van der Waals surface area contributed by atoms with Crippen LogP contribution in [0.4, 0.5) is 5.13 Å². The van der Waals surface area contributed by atoms with Gasteiger partial charge in [-0.15, -0.1) is 10.2 Å². The Bertz CT molecular complexity index is 877. The number of anilines is 1. The minimum atomic E-state index is -0.221. The summed E-state index contributed by atoms with van der Waals surface area (Å²) in [6.07, 6.45) is 7.92. The lowest BCUT2D eigenvalue weighted by Gasteiger charge is -2.55. The number of aromatic nitrogens is 3. The van der Waals surface area contributed by atoms with E-state index >= 15 is 0 Å². The van der Waals surface area contributed by atoms with E-state index in [1.54, 1.807) is 5.38 Å². The maximum Gasteiger partial charge on any atom is 0.307 e. The molecule has 6 rings (SSSR count). The van der Waals surface area contributed by atoms with Gasteiger partial charge in [-0.3, -0.25) is 19.5 Å². The molecular formula is C18H22N4O2S2. The van der Waals surface area contributed by atoms with E-state index in [-0.39, 0.29) is 22.7 Å². The van der Waals surface area contributed by atoms with Crippen LogP contribution in [0.2, 0.25) is 0 Å². The molecule has 4 saturated carbocycles. The molecule has 26 heavy (non-hydrogen) atoms. The molecule has 2 aromatic heterocycles. The lowest BCUT2D eigenvalue weighted by atomic mass is 9.50. The van der Waals surface area contributed by atoms with Crippen molar-refractivity contribution in [1.29, 1.82) is 0 Å². The van der Waals surface area contributed by atoms with Gasteiger partial charge in [-0.25, -0.2) is 0 Å². The van der Waals surface area contributed by atoms with Crippen LogP contribution in [-0.2, 0) is 16.8 Å². The summed E-state index contributed by atoms with van der Waals surface area (Å²) in [4.78, 5) is 24.0. The maximum absolute atomic E-state index is 12.3. The Morgan fingerprint density at radius 3 is 2.46 bits per heavy atom. The molecule has 8 heteroatoms. The highest BCUT2D eigenvalue weighted by molar-refractivity contribution is 7.15. The third-order valence-corrected chi connectivity index (χ3v) is 8.41. The van der Waals surface area contributed by atoms with Crippen molar-refractivity contribution in [3.8, 4) is 0 Å². The van der Waals surface area contributed by atoms with Gasteiger partial charge in [0.1, 0.15) is 11.6 Å². The van der Waals surface area contributed by atoms with E-state index in [2.05, 4.69) is 15.5 Å². The van der Waals surface area contributed by atoms with E-state index in [4.69, 9.17) is 0 Å². The Kier molecular flexibility index (Phi) is 3.83. The van der Waals surface area contributed by atoms with Crippen molar-refractivity contribution < 1.29 is 4.79 Å². The molecule has 0 spiro atoms. The number of rotatable bonds is 4. The van der Waals surface area contributed by atoms with Crippen molar-refractivity contribution in [2.75, 3.05) is 5.32 Å². The van der Waals surface area contributed by atoms with E-state index < -0.39 is 0 Å². The Hall–Kier alpha value is -1.54. The van der Waals surface area contributed by atoms with E-state index in [0.29, 0.717) is 5.13 Å². The van der Waals surface area contributed by atoms with Crippen LogP contribution in [-0.4, -0.2) is 20.7 Å². The molecule has 0 unspecified atom stereocenters. The predicted molar refractivity (Wildman–Crippen MR) is 102 cm³/mol. The molecule has 138 valence electrons. The van der Waals surface area contributed by atoms with Gasteiger partial charge in [0.2, 0.25) is 11.0 Å². The van der Waals surface area contributed by atoms with Gasteiger partial charge in [-0.05, 0) is 63.2 Å². The number of aryl methyl sites for hydroxylation is 1. The number of hydrogen-bond donors (Lipinski definition) is 1. The van der Waals surface area contributed by atoms with Gasteiger partial charge in [0.25, 0.3) is 0 Å². The highest BCUT2D eigenvalue weighted by atomic mass is 32.1. The summed E-state index contributed by atoms with van der Waals surface area (Å²) in [7, 11) is 0. The Morgan fingerprint density at radius 1 is 1.23 bits per heavy atom. The molecule has 0 aromatic carbocycles. The molecule has 2 heterocycles. The van der Waals surface area contributed by atoms with Crippen LogP contribution in [0.15, 0.2) is 10.2 Å². The van der Waals surface area contributed by atoms with Crippen LogP contribution >= 0.6 is 22.7 Å². The summed E-state index contributed by atoms with van der Waals surface area (Å²) in [5, 5.41) is 15.0. The molecule has 1 N–H and O–H groups in total. The lowest BCUT2D eigenvalue weighted by molar-refractivity contribution is -0.116. The zero-order valence-corrected chi connectivity index (χ0v) is 16.4. The summed E-state index contributed by atoms with van der Waals surface area (Å²) < 4.78 is 1.49. The van der Waals surface area contributed by atoms with Crippen LogP contribution in [0.1, 0.15) is 49.2 Å². The SMILES string of the molecule is Cc1csc(=O)n1CC(=O)Nc1nnc(C23CC4CC(CC(C4)C2)C3)s1. The Labute approximate surface area is 159 Å². The van der Waals surface area contributed by atoms with Crippen LogP contribution in [0.25, 0.3) is 0 Å². The average Bonchev–Trinajstić information content (AvgIpc) is 3.16. The fourth-order valence-corrected chi connectivity index (χ4v) is 7.47. The normalized spacial score (nSPS) is 32.1. The van der Waals surface area contributed by atoms with Crippen molar-refractivity contribution in [2.45, 2.75) is 57.4 Å². The van der Waals surface area contributed by atoms with E-state index in [9.17, 15) is 9.59 Å². The third-order valence-electron chi connectivity index (χ3n) is 6.44. The third kappa shape index (κ3) is 2.74. The number of nitrogens with zero attached hydrogens (tertiary/aromatic N) is 3. The molecule has 4 bridgehead atoms. The van der Waals surface area contributed by atoms with Crippen molar-refractivity contribution in [1.82, 2.24) is 14.8 Å². The largest absolute Gasteiger partial charge is 0.307 e. The van der Waals surface area contributed by atoms with Crippen LogP contribution in [0.5, 0.6) is 0 Å². The molecule has 0 atom stereocenters. The molecule has 1 amide bonds. The second-order valence-electron chi connectivity index (χ2n) is 8.39. The topological polar surface area (TPSA) is 76.9 Å². The summed E-state index contributed by atoms with van der Waals surface area (Å²) in [5.74, 6) is 2.35. The summed E-state index contributed by atoms with van der Waals surface area (Å²) in [6, 6.07) is 0. The first-order valence-electron chi connectivity index (χ1n) is 9.29. The van der Waals surface area contributed by atoms with Gasteiger partial charge >= 0.3 is 4.87 Å². The number of amides is 1. The molecule has 6 nitrogen and oxygen atoms in total. The first-order valence-corrected chi connectivity index (χ1v) is 11.0. The molecule has 4 aliphatic rings. The van der Waals surface area contributed by atoms with E-state index in [1.165, 1.54) is 54.4 Å². The lowest BCUT2D eigenvalue weighted by Crippen LogP contribution is -2.48. The first-order chi connectivity index (χ1) is 12.5. The highest BCUT2D eigenvalue weighted by Crippen LogP contribution is 2.61. The van der Waals surface area contributed by atoms with Gasteiger partial charge in [-0.2, -0.15) is 0 Å². The molecule has 2 aromatic rings. The molecule has 4 aliphatic carbocycles. The molecule has 4 fully saturated rings. The van der Waals surface area contributed by atoms with Crippen LogP contribution in [0, 0.1) is 24.7 Å². The minimum absolute atomic E-state index is 0.0282. The Morgan fingerprint density at radius 2 is 1.88 bits per heavy atom. The van der Waals surface area contributed by atoms with Crippen molar-refractivity contribution in [3.05, 3.63) is 25.7 Å². The van der Waals surface area contributed by atoms with E-state index in [0.717, 1.165) is 39.8 Å². The summed E-state index contributed by atoms with van der Waals surface area (Å²) in [6.45, 7) is 1.86. The predicted octanol–water partition coefficient (Wildman–Crippen LogP) is 3.18. The van der Waals surface area contributed by atoms with Crippen LogP contribution in [0.3, 0.4) is 0 Å². The standard InChI is InChI=1S/C18H22N4O2S2/c1-10-9-25-17(24)22(10)8-14(23)19-16-21-20-15(26-16)18-5-11-2-12(6-18)4-13(3-11)7-18/h9,11-13H,2-8H2,1H3,(H,19,21,23). The molecule has 0 radical (unpaired) electrons. The zero-order valence-electron chi connectivity index (χ0n) is 14.7. The monoisotopic (exact) mass is 390 g/mol. The van der Waals surface area contributed by atoms with Gasteiger partial charge < -0.3 is 0 Å². The van der Waals surface area contributed by atoms with Gasteiger partial charge in [0.05, 0.1) is 0 Å². The summed E-state index contributed by atoms with van der Waals surface area (Å²) >= 11 is 2.65. The zero-order chi connectivity index (χ0) is 17.9. The Balaban J connectivity index is 1.31. The molecular weight excluding hydrogens is 368 g/mol. The number of carbonyl (C=O) groups is 1. The first kappa shape index (κ1) is 16.6. The number of carbonyl (C=O) groups excluding carboxylic acids is 1. The highest BCUT2D eigenvalue weighted by Gasteiger charge is 2.53. The number of hydrogen-bond acceptors (Lipinski definition) is 6. The van der Waals surface area contributed by atoms with Gasteiger partial charge in [-0.1, -0.05) is 22.7 Å². The average molecular weight is 391 g/mol. The van der Waals surface area contributed by atoms with Crippen molar-refractivity contribution >= 4 is 33.7 Å². The van der Waals surface area contributed by atoms with Crippen LogP contribution < -0.4 is 10.2 Å². The second kappa shape index (κ2) is 5.99. The molecule has 0 saturated heterocycles. The summed E-state index contributed by atoms with van der Waals surface area (Å²) in [5.41, 5.74) is 1.01. The minimum Gasteiger partial charge on any atom is -0.299 e. The van der Waals surface area contributed by atoms with E-state index in [1.807, 2.05) is 6.92 Å². The smallest absolute Gasteiger partial charge is 0.299 e. The number of thiazole rings is 1. The quantitative estimate of drug-likeness (QED) is 0.870. The maximum atomic E-state index is 12.3. The second-order valence-corrected chi connectivity index (χ2v) is 10.2. The molecule has 0 aliphatic heterocycles. The fraction of sp³-hybridized carbons (Fsp3) is 0.667. The number of nitrogens with one attached hydrogen (secondary N) is 1. The fourth-order valence-electron chi connectivity index (χ4n) is 5.76. The van der Waals surface area contributed by atoms with Crippen molar-refractivity contribution in [2.24, 2.45) is 17.8 Å². The van der Waals surface area contributed by atoms with Crippen molar-refractivity contribution in [3.63, 3.8) is 0 Å². The van der Waals surface area contributed by atoms with Gasteiger partial charge in [0.15, 0.2) is 0 Å². The van der Waals surface area contributed by atoms with Gasteiger partial charge in [0, 0.05) is 16.5 Å².